The average molecular weight is 620 g/mol. The van der Waals surface area contributed by atoms with Crippen LogP contribution in [-0.4, -0.2) is 81.6 Å². The highest BCUT2D eigenvalue weighted by atomic mass is 35.5. The fourth-order valence-electron chi connectivity index (χ4n) is 5.14. The van der Waals surface area contributed by atoms with Crippen molar-refractivity contribution in [3.05, 3.63) is 48.5 Å². The number of hydrogen-bond acceptors (Lipinski definition) is 8. The van der Waals surface area contributed by atoms with E-state index in [1.165, 1.54) is 4.31 Å². The van der Waals surface area contributed by atoms with Crippen molar-refractivity contribution in [2.45, 2.75) is 37.4 Å². The van der Waals surface area contributed by atoms with Crippen molar-refractivity contribution < 1.29 is 27.9 Å². The van der Waals surface area contributed by atoms with E-state index in [4.69, 9.17) is 9.47 Å². The number of sulfonamides is 1. The Labute approximate surface area is 249 Å². The van der Waals surface area contributed by atoms with Crippen molar-refractivity contribution >= 4 is 52.1 Å². The first-order chi connectivity index (χ1) is 18.3. The molecule has 2 aliphatic rings. The van der Waals surface area contributed by atoms with Gasteiger partial charge in [0.25, 0.3) is 5.91 Å². The number of carbonyl (C=O) groups is 1. The van der Waals surface area contributed by atoms with Gasteiger partial charge in [-0.25, -0.2) is 13.9 Å². The molecular weight excluding hydrogens is 579 g/mol. The average Bonchev–Trinajstić information content (AvgIpc) is 2.97. The first-order valence-electron chi connectivity index (χ1n) is 13.2. The lowest BCUT2D eigenvalue weighted by Crippen LogP contribution is -2.63. The quantitative estimate of drug-likeness (QED) is 0.235. The Morgan fingerprint density at radius 1 is 0.875 bits per heavy atom. The molecular formula is C27H40Cl2N4O6S. The van der Waals surface area contributed by atoms with Gasteiger partial charge >= 0.3 is 0 Å². The third kappa shape index (κ3) is 7.06. The normalized spacial score (nSPS) is 17.3. The van der Waals surface area contributed by atoms with Gasteiger partial charge in [0.2, 0.25) is 10.0 Å². The molecule has 224 valence electrons. The number of carbonyl (C=O) groups excluding carboxylic acids is 1. The van der Waals surface area contributed by atoms with Gasteiger partial charge in [-0.1, -0.05) is 13.3 Å². The fraction of sp³-hybridized carbons (Fsp3) is 0.519. The van der Waals surface area contributed by atoms with E-state index in [9.17, 15) is 18.4 Å². The summed E-state index contributed by atoms with van der Waals surface area (Å²) < 4.78 is 38.4. The van der Waals surface area contributed by atoms with Crippen LogP contribution in [0.25, 0.3) is 0 Å². The van der Waals surface area contributed by atoms with Gasteiger partial charge in [0, 0.05) is 50.6 Å². The molecule has 2 N–H and O–H groups in total. The number of halogens is 2. The smallest absolute Gasteiger partial charge is 0.266 e. The number of anilines is 2. The first kappa shape index (κ1) is 33.8. The van der Waals surface area contributed by atoms with E-state index >= 15 is 0 Å². The molecule has 0 aromatic heterocycles. The SMILES string of the molecule is CCCCOc1ccc(N2CCN(S(=O)(=O)C3(C(=O)NO)CCN(c4ccc(OC)cc4)CC3)CC2)cc1.Cl.Cl. The number of nitrogens with one attached hydrogen (secondary N) is 1. The predicted molar refractivity (Wildman–Crippen MR) is 161 cm³/mol. The molecule has 40 heavy (non-hydrogen) atoms. The highest BCUT2D eigenvalue weighted by Gasteiger charge is 2.55. The van der Waals surface area contributed by atoms with Crippen LogP contribution in [0.2, 0.25) is 0 Å². The zero-order valence-electron chi connectivity index (χ0n) is 23.0. The topological polar surface area (TPSA) is 112 Å². The molecule has 10 nitrogen and oxygen atoms in total. The highest BCUT2D eigenvalue weighted by Crippen LogP contribution is 2.36. The van der Waals surface area contributed by atoms with Crippen LogP contribution < -0.4 is 24.8 Å². The Kier molecular flexibility index (Phi) is 12.6. The summed E-state index contributed by atoms with van der Waals surface area (Å²) in [6, 6.07) is 15.4. The molecule has 2 aromatic carbocycles. The van der Waals surface area contributed by atoms with Crippen molar-refractivity contribution in [1.29, 1.82) is 0 Å². The van der Waals surface area contributed by atoms with Gasteiger partial charge in [-0.05, 0) is 67.8 Å². The molecule has 0 radical (unpaired) electrons. The largest absolute Gasteiger partial charge is 0.497 e. The van der Waals surface area contributed by atoms with Crippen molar-refractivity contribution in [1.82, 2.24) is 9.79 Å². The maximum atomic E-state index is 13.9. The second kappa shape index (κ2) is 15.0. The minimum atomic E-state index is -4.03. The number of nitrogens with zero attached hydrogens (tertiary/aromatic N) is 3. The second-order valence-electron chi connectivity index (χ2n) is 9.71. The zero-order valence-corrected chi connectivity index (χ0v) is 25.4. The molecule has 2 fully saturated rings. The molecule has 4 rings (SSSR count). The van der Waals surface area contributed by atoms with E-state index in [0.29, 0.717) is 32.8 Å². The summed E-state index contributed by atoms with van der Waals surface area (Å²) in [5, 5.41) is 9.51. The van der Waals surface area contributed by atoms with Crippen LogP contribution in [-0.2, 0) is 14.8 Å². The molecule has 0 saturated carbocycles. The first-order valence-corrected chi connectivity index (χ1v) is 14.6. The summed E-state index contributed by atoms with van der Waals surface area (Å²) in [5.74, 6) is 0.687. The number of unbranched alkanes of at least 4 members (excludes halogenated alkanes) is 1. The molecule has 2 aromatic rings. The molecule has 13 heteroatoms. The number of benzene rings is 2. The van der Waals surface area contributed by atoms with E-state index in [0.717, 1.165) is 35.7 Å². The van der Waals surface area contributed by atoms with Crippen LogP contribution >= 0.6 is 24.8 Å². The zero-order chi connectivity index (χ0) is 27.2. The van der Waals surface area contributed by atoms with Crippen LogP contribution in [0.4, 0.5) is 11.4 Å². The number of ether oxygens (including phenoxy) is 2. The summed E-state index contributed by atoms with van der Waals surface area (Å²) >= 11 is 0. The van der Waals surface area contributed by atoms with Gasteiger partial charge in [0.15, 0.2) is 4.75 Å². The Bertz CT molecular complexity index is 1170. The number of amides is 1. The van der Waals surface area contributed by atoms with Gasteiger partial charge in [0.1, 0.15) is 11.5 Å². The number of hydroxylamine groups is 1. The van der Waals surface area contributed by atoms with Crippen LogP contribution in [0.3, 0.4) is 0 Å². The standard InChI is InChI=1S/C27H38N4O6S.2ClH/c1-3-4-21-37-25-11-7-23(8-12-25)30-17-19-31(20-18-30)38(34,35)27(26(32)28-33)13-15-29(16-14-27)22-5-9-24(36-2)10-6-22;;/h5-12,33H,3-4,13-21H2,1-2H3,(H,28,32);2*1H. The summed E-state index contributed by atoms with van der Waals surface area (Å²) in [4.78, 5) is 17.1. The Morgan fingerprint density at radius 2 is 1.38 bits per heavy atom. The van der Waals surface area contributed by atoms with Crippen LogP contribution in [0.15, 0.2) is 48.5 Å². The predicted octanol–water partition coefficient (Wildman–Crippen LogP) is 3.71. The summed E-state index contributed by atoms with van der Waals surface area (Å²) in [5.41, 5.74) is 3.57. The van der Waals surface area contributed by atoms with Gasteiger partial charge in [-0.3, -0.25) is 10.0 Å². The van der Waals surface area contributed by atoms with E-state index in [-0.39, 0.29) is 50.7 Å². The van der Waals surface area contributed by atoms with Gasteiger partial charge in [-0.2, -0.15) is 4.31 Å². The Hall–Kier alpha value is -2.44. The molecule has 0 atom stereocenters. The van der Waals surface area contributed by atoms with Gasteiger partial charge in [0.05, 0.1) is 13.7 Å². The van der Waals surface area contributed by atoms with E-state index in [2.05, 4.69) is 11.8 Å². The van der Waals surface area contributed by atoms with Crippen LogP contribution in [0.1, 0.15) is 32.6 Å². The fourth-order valence-corrected chi connectivity index (χ4v) is 7.26. The third-order valence-electron chi connectivity index (χ3n) is 7.56. The monoisotopic (exact) mass is 618 g/mol. The van der Waals surface area contributed by atoms with E-state index < -0.39 is 20.7 Å². The van der Waals surface area contributed by atoms with Crippen molar-refractivity contribution in [2.75, 3.05) is 62.8 Å². The number of methoxy groups -OCH3 is 1. The van der Waals surface area contributed by atoms with Crippen LogP contribution in [0, 0.1) is 0 Å². The minimum absolute atomic E-state index is 0. The maximum absolute atomic E-state index is 13.9. The molecule has 0 aliphatic carbocycles. The van der Waals surface area contributed by atoms with E-state index in [1.807, 2.05) is 53.4 Å². The summed E-state index contributed by atoms with van der Waals surface area (Å²) in [6.07, 6.45) is 2.24. The molecule has 0 unspecified atom stereocenters. The lowest BCUT2D eigenvalue weighted by molar-refractivity contribution is -0.132. The molecule has 2 heterocycles. The Balaban J connectivity index is 0.00000280. The van der Waals surface area contributed by atoms with Crippen molar-refractivity contribution in [3.8, 4) is 11.5 Å². The van der Waals surface area contributed by atoms with Crippen molar-refractivity contribution in [3.63, 3.8) is 0 Å². The third-order valence-corrected chi connectivity index (χ3v) is 10.2. The molecule has 2 aliphatic heterocycles. The van der Waals surface area contributed by atoms with Gasteiger partial charge < -0.3 is 19.3 Å². The minimum Gasteiger partial charge on any atom is -0.497 e. The highest BCUT2D eigenvalue weighted by molar-refractivity contribution is 7.91. The van der Waals surface area contributed by atoms with Crippen LogP contribution in [0.5, 0.6) is 11.5 Å². The molecule has 1 amide bonds. The number of piperazine rings is 1. The number of piperidine rings is 1. The number of rotatable bonds is 10. The number of hydrogen-bond donors (Lipinski definition) is 2. The molecule has 0 spiro atoms. The van der Waals surface area contributed by atoms with Crippen molar-refractivity contribution in [2.24, 2.45) is 0 Å². The molecule has 0 bridgehead atoms. The van der Waals surface area contributed by atoms with Gasteiger partial charge in [-0.15, -0.1) is 24.8 Å². The maximum Gasteiger partial charge on any atom is 0.266 e. The van der Waals surface area contributed by atoms with E-state index in [1.54, 1.807) is 12.6 Å². The lowest BCUT2D eigenvalue weighted by Gasteiger charge is -2.44. The summed E-state index contributed by atoms with van der Waals surface area (Å²) in [6.45, 7) is 5.08. The Morgan fingerprint density at radius 3 is 1.85 bits per heavy atom. The second-order valence-corrected chi connectivity index (χ2v) is 12.0. The summed E-state index contributed by atoms with van der Waals surface area (Å²) in [7, 11) is -2.43. The molecule has 2 saturated heterocycles. The lowest BCUT2D eigenvalue weighted by atomic mass is 9.94.